The molecule has 5 heteroatoms. The minimum Gasteiger partial charge on any atom is -0.490 e. The zero-order valence-electron chi connectivity index (χ0n) is 18.3. The van der Waals surface area contributed by atoms with Gasteiger partial charge in [-0.3, -0.25) is 9.69 Å². The second-order valence-electron chi connectivity index (χ2n) is 7.47. The Morgan fingerprint density at radius 3 is 1.71 bits per heavy atom. The topological polar surface area (TPSA) is 64.8 Å². The lowest BCUT2D eigenvalue weighted by Crippen LogP contribution is -2.24. The molecule has 0 aliphatic carbocycles. The fourth-order valence-electron chi connectivity index (χ4n) is 3.23. The average molecular weight is 423 g/mol. The molecule has 0 atom stereocenters. The first-order chi connectivity index (χ1) is 15.1. The Bertz CT molecular complexity index is 743. The molecule has 0 radical (unpaired) electrons. The second kappa shape index (κ2) is 14.0. The molecule has 31 heavy (non-hydrogen) atoms. The number of hydrogen-bond acceptors (Lipinski definition) is 4. The summed E-state index contributed by atoms with van der Waals surface area (Å²) in [5, 5.41) is 0. The number of nitrogens with two attached hydrogens (primary N) is 1. The minimum absolute atomic E-state index is 0.227. The maximum atomic E-state index is 10.9. The summed E-state index contributed by atoms with van der Waals surface area (Å²) in [6.45, 7) is 11.0. The first-order valence-electron chi connectivity index (χ1n) is 10.8. The van der Waals surface area contributed by atoms with E-state index in [9.17, 15) is 4.79 Å². The molecule has 0 aliphatic heterocycles. The number of carbonyl (C=O) groups is 1. The molecular formula is C26H34N2O3. The van der Waals surface area contributed by atoms with E-state index in [1.807, 2.05) is 24.3 Å². The third kappa shape index (κ3) is 10.0. The van der Waals surface area contributed by atoms with Crippen LogP contribution in [0, 0.1) is 0 Å². The predicted molar refractivity (Wildman–Crippen MR) is 126 cm³/mol. The number of hydrogen-bond donors (Lipinski definition) is 1. The Balaban J connectivity index is 1.97. The fraction of sp³-hybridized carbons (Fsp3) is 0.346. The van der Waals surface area contributed by atoms with Gasteiger partial charge in [-0.1, -0.05) is 56.0 Å². The lowest BCUT2D eigenvalue weighted by molar-refractivity contribution is -0.118. The van der Waals surface area contributed by atoms with E-state index in [1.165, 1.54) is 11.1 Å². The van der Waals surface area contributed by atoms with Crippen molar-refractivity contribution in [3.05, 3.63) is 85.0 Å². The quantitative estimate of drug-likeness (QED) is 0.310. The van der Waals surface area contributed by atoms with Gasteiger partial charge < -0.3 is 15.2 Å². The van der Waals surface area contributed by atoms with Gasteiger partial charge >= 0.3 is 0 Å². The number of benzene rings is 2. The Morgan fingerprint density at radius 2 is 1.29 bits per heavy atom. The molecule has 0 aromatic heterocycles. The van der Waals surface area contributed by atoms with E-state index in [0.29, 0.717) is 19.6 Å². The highest BCUT2D eigenvalue weighted by atomic mass is 16.5. The summed E-state index contributed by atoms with van der Waals surface area (Å²) in [4.78, 5) is 13.4. The Labute approximate surface area is 186 Å². The lowest BCUT2D eigenvalue weighted by Gasteiger charge is -2.23. The van der Waals surface area contributed by atoms with Crippen LogP contribution in [0.3, 0.4) is 0 Å². The van der Waals surface area contributed by atoms with E-state index in [2.05, 4.69) is 42.3 Å². The first-order valence-corrected chi connectivity index (χ1v) is 10.8. The minimum atomic E-state index is -0.227. The van der Waals surface area contributed by atoms with Crippen molar-refractivity contribution in [1.29, 1.82) is 0 Å². The lowest BCUT2D eigenvalue weighted by atomic mass is 10.1. The van der Waals surface area contributed by atoms with Crippen molar-refractivity contribution in [1.82, 2.24) is 4.90 Å². The SMILES string of the molecule is C=CCOc1ccc(CN(CCCCCC(N)=O)Cc2ccc(OCC=C)cc2)cc1. The third-order valence-corrected chi connectivity index (χ3v) is 4.79. The van der Waals surface area contributed by atoms with E-state index < -0.39 is 0 Å². The number of ether oxygens (including phenoxy) is 2. The van der Waals surface area contributed by atoms with Gasteiger partial charge in [0.15, 0.2) is 0 Å². The Hall–Kier alpha value is -3.05. The molecule has 0 saturated carbocycles. The molecule has 0 saturated heterocycles. The monoisotopic (exact) mass is 422 g/mol. The first kappa shape index (κ1) is 24.2. The molecule has 0 aliphatic rings. The van der Waals surface area contributed by atoms with Crippen LogP contribution in [-0.2, 0) is 17.9 Å². The van der Waals surface area contributed by atoms with Gasteiger partial charge in [0.2, 0.25) is 5.91 Å². The zero-order valence-corrected chi connectivity index (χ0v) is 18.3. The van der Waals surface area contributed by atoms with Gasteiger partial charge in [0.25, 0.3) is 0 Å². The van der Waals surface area contributed by atoms with Crippen molar-refractivity contribution in [2.75, 3.05) is 19.8 Å². The third-order valence-electron chi connectivity index (χ3n) is 4.79. The smallest absolute Gasteiger partial charge is 0.217 e. The molecule has 0 heterocycles. The Kier molecular flexibility index (Phi) is 11.0. The summed E-state index contributed by atoms with van der Waals surface area (Å²) < 4.78 is 11.1. The van der Waals surface area contributed by atoms with Gasteiger partial charge in [0, 0.05) is 19.5 Å². The molecule has 2 aromatic rings. The highest BCUT2D eigenvalue weighted by molar-refractivity contribution is 5.73. The van der Waals surface area contributed by atoms with Crippen molar-refractivity contribution >= 4 is 5.91 Å². The molecule has 0 bridgehead atoms. The van der Waals surface area contributed by atoms with Crippen LogP contribution in [0.25, 0.3) is 0 Å². The fourth-order valence-corrected chi connectivity index (χ4v) is 3.23. The van der Waals surface area contributed by atoms with Crippen LogP contribution in [0.5, 0.6) is 11.5 Å². The summed E-state index contributed by atoms with van der Waals surface area (Å²) in [6, 6.07) is 16.4. The van der Waals surface area contributed by atoms with Gasteiger partial charge in [0.1, 0.15) is 24.7 Å². The molecule has 2 N–H and O–H groups in total. The summed E-state index contributed by atoms with van der Waals surface area (Å²) in [5.74, 6) is 1.46. The Morgan fingerprint density at radius 1 is 0.806 bits per heavy atom. The number of carbonyl (C=O) groups excluding carboxylic acids is 1. The summed E-state index contributed by atoms with van der Waals surface area (Å²) >= 11 is 0. The van der Waals surface area contributed by atoms with Gasteiger partial charge in [0.05, 0.1) is 0 Å². The number of primary amides is 1. The average Bonchev–Trinajstić information content (AvgIpc) is 2.77. The van der Waals surface area contributed by atoms with Crippen LogP contribution < -0.4 is 15.2 Å². The maximum absolute atomic E-state index is 10.9. The van der Waals surface area contributed by atoms with Crippen molar-refractivity contribution in [2.45, 2.75) is 38.8 Å². The summed E-state index contributed by atoms with van der Waals surface area (Å²) in [7, 11) is 0. The van der Waals surface area contributed by atoms with E-state index in [4.69, 9.17) is 15.2 Å². The van der Waals surface area contributed by atoms with Crippen molar-refractivity contribution in [2.24, 2.45) is 5.73 Å². The van der Waals surface area contributed by atoms with E-state index in [0.717, 1.165) is 50.4 Å². The molecule has 2 aromatic carbocycles. The van der Waals surface area contributed by atoms with Crippen LogP contribution in [0.4, 0.5) is 0 Å². The predicted octanol–water partition coefficient (Wildman–Crippen LogP) is 4.86. The van der Waals surface area contributed by atoms with E-state index >= 15 is 0 Å². The standard InChI is InChI=1S/C26H34N2O3/c1-3-18-30-24-13-9-22(10-14-24)20-28(17-7-5-6-8-26(27)29)21-23-11-15-25(16-12-23)31-19-4-2/h3-4,9-16H,1-2,5-8,17-21H2,(H2,27,29). The highest BCUT2D eigenvalue weighted by Crippen LogP contribution is 2.18. The molecule has 0 spiro atoms. The number of nitrogens with zero attached hydrogens (tertiary/aromatic N) is 1. The van der Waals surface area contributed by atoms with E-state index in [-0.39, 0.29) is 5.91 Å². The van der Waals surface area contributed by atoms with Gasteiger partial charge in [-0.25, -0.2) is 0 Å². The zero-order chi connectivity index (χ0) is 22.3. The van der Waals surface area contributed by atoms with Crippen molar-refractivity contribution in [3.63, 3.8) is 0 Å². The molecular weight excluding hydrogens is 388 g/mol. The number of rotatable bonds is 16. The molecule has 166 valence electrons. The number of unbranched alkanes of at least 4 members (excludes halogenated alkanes) is 2. The molecule has 1 amide bonds. The summed E-state index contributed by atoms with van der Waals surface area (Å²) in [5.41, 5.74) is 7.70. The maximum Gasteiger partial charge on any atom is 0.217 e. The summed E-state index contributed by atoms with van der Waals surface area (Å²) in [6.07, 6.45) is 6.78. The highest BCUT2D eigenvalue weighted by Gasteiger charge is 2.09. The normalized spacial score (nSPS) is 10.6. The van der Waals surface area contributed by atoms with Crippen molar-refractivity contribution in [3.8, 4) is 11.5 Å². The van der Waals surface area contributed by atoms with Gasteiger partial charge in [-0.05, 0) is 54.8 Å². The molecule has 0 fully saturated rings. The van der Waals surface area contributed by atoms with Crippen LogP contribution in [-0.4, -0.2) is 30.6 Å². The molecule has 2 rings (SSSR count). The van der Waals surface area contributed by atoms with Crippen LogP contribution >= 0.6 is 0 Å². The van der Waals surface area contributed by atoms with Crippen molar-refractivity contribution < 1.29 is 14.3 Å². The van der Waals surface area contributed by atoms with Crippen LogP contribution in [0.1, 0.15) is 36.8 Å². The van der Waals surface area contributed by atoms with Gasteiger partial charge in [-0.2, -0.15) is 0 Å². The van der Waals surface area contributed by atoms with Crippen LogP contribution in [0.15, 0.2) is 73.8 Å². The van der Waals surface area contributed by atoms with Crippen LogP contribution in [0.2, 0.25) is 0 Å². The second-order valence-corrected chi connectivity index (χ2v) is 7.47. The number of amides is 1. The van der Waals surface area contributed by atoms with E-state index in [1.54, 1.807) is 12.2 Å². The van der Waals surface area contributed by atoms with Gasteiger partial charge in [-0.15, -0.1) is 0 Å². The largest absolute Gasteiger partial charge is 0.490 e. The molecule has 0 unspecified atom stereocenters. The molecule has 5 nitrogen and oxygen atoms in total.